The van der Waals surface area contributed by atoms with Crippen LogP contribution in [0.15, 0.2) is 46.9 Å². The number of anilines is 1. The van der Waals surface area contributed by atoms with Gasteiger partial charge in [0.05, 0.1) is 10.6 Å². The Labute approximate surface area is 124 Å². The minimum absolute atomic E-state index is 0.218. The Morgan fingerprint density at radius 2 is 2.05 bits per heavy atom. The molecule has 0 aliphatic rings. The van der Waals surface area contributed by atoms with E-state index >= 15 is 0 Å². The molecule has 0 aromatic heterocycles. The normalized spacial score (nSPS) is 10.2. The monoisotopic (exact) mass is 338 g/mol. The number of hydrogen-bond acceptors (Lipinski definition) is 2. The summed E-state index contributed by atoms with van der Waals surface area (Å²) >= 11 is 9.37. The molecule has 0 unspecified atom stereocenters. The van der Waals surface area contributed by atoms with E-state index in [1.165, 1.54) is 0 Å². The molecule has 0 saturated carbocycles. The Kier molecular flexibility index (Phi) is 4.45. The van der Waals surface area contributed by atoms with Gasteiger partial charge in [-0.3, -0.25) is 4.79 Å². The van der Waals surface area contributed by atoms with Crippen molar-refractivity contribution < 1.29 is 4.79 Å². The van der Waals surface area contributed by atoms with Crippen LogP contribution in [0.4, 0.5) is 5.69 Å². The van der Waals surface area contributed by atoms with Gasteiger partial charge in [0.15, 0.2) is 0 Å². The van der Waals surface area contributed by atoms with Crippen molar-refractivity contribution in [3.63, 3.8) is 0 Å². The molecule has 0 fully saturated rings. The third kappa shape index (κ3) is 3.72. The molecule has 0 atom stereocenters. The Bertz CT molecular complexity index is 616. The molecule has 3 N–H and O–H groups in total. The van der Waals surface area contributed by atoms with E-state index in [0.717, 1.165) is 10.0 Å². The van der Waals surface area contributed by atoms with Crippen molar-refractivity contribution in [1.82, 2.24) is 5.32 Å². The smallest absolute Gasteiger partial charge is 0.253 e. The van der Waals surface area contributed by atoms with E-state index in [9.17, 15) is 4.79 Å². The molecule has 0 aliphatic carbocycles. The number of halogens is 2. The number of carbonyl (C=O) groups excluding carboxylic acids is 1. The molecule has 0 heterocycles. The van der Waals surface area contributed by atoms with Crippen molar-refractivity contribution in [2.45, 2.75) is 6.54 Å². The van der Waals surface area contributed by atoms with Gasteiger partial charge in [0.1, 0.15) is 0 Å². The number of benzene rings is 2. The first kappa shape index (κ1) is 13.9. The quantitative estimate of drug-likeness (QED) is 0.839. The summed E-state index contributed by atoms with van der Waals surface area (Å²) in [5.74, 6) is -0.218. The Balaban J connectivity index is 2.05. The summed E-state index contributed by atoms with van der Waals surface area (Å²) in [4.78, 5) is 12.0. The van der Waals surface area contributed by atoms with Crippen molar-refractivity contribution in [2.24, 2.45) is 0 Å². The predicted octanol–water partition coefficient (Wildman–Crippen LogP) is 3.61. The molecule has 2 aromatic carbocycles. The summed E-state index contributed by atoms with van der Waals surface area (Å²) in [5.41, 5.74) is 7.55. The Morgan fingerprint density at radius 3 is 2.74 bits per heavy atom. The second-order valence-corrected chi connectivity index (χ2v) is 5.37. The molecular weight excluding hydrogens is 328 g/mol. The molecule has 0 spiro atoms. The number of nitrogens with one attached hydrogen (secondary N) is 1. The standard InChI is InChI=1S/C14H12BrClN2O/c15-10-3-1-2-9(6-10)8-18-14(19)12-5-4-11(17)7-13(12)16/h1-7H,8,17H2,(H,18,19). The first-order valence-electron chi connectivity index (χ1n) is 5.64. The third-order valence-electron chi connectivity index (χ3n) is 2.58. The van der Waals surface area contributed by atoms with E-state index in [0.29, 0.717) is 22.8 Å². The lowest BCUT2D eigenvalue weighted by molar-refractivity contribution is 0.0951. The number of hydrogen-bond donors (Lipinski definition) is 2. The van der Waals surface area contributed by atoms with Crippen LogP contribution in [-0.4, -0.2) is 5.91 Å². The van der Waals surface area contributed by atoms with Gasteiger partial charge in [-0.05, 0) is 35.9 Å². The fraction of sp³-hybridized carbons (Fsp3) is 0.0714. The maximum absolute atomic E-state index is 12.0. The van der Waals surface area contributed by atoms with Crippen LogP contribution in [0.3, 0.4) is 0 Å². The van der Waals surface area contributed by atoms with Crippen LogP contribution in [0.2, 0.25) is 5.02 Å². The van der Waals surface area contributed by atoms with Gasteiger partial charge in [-0.15, -0.1) is 0 Å². The summed E-state index contributed by atoms with van der Waals surface area (Å²) < 4.78 is 0.977. The molecule has 0 aliphatic heterocycles. The maximum Gasteiger partial charge on any atom is 0.253 e. The lowest BCUT2D eigenvalue weighted by atomic mass is 10.2. The summed E-state index contributed by atoms with van der Waals surface area (Å²) in [6, 6.07) is 12.6. The average Bonchev–Trinajstić information content (AvgIpc) is 2.36. The minimum atomic E-state index is -0.218. The van der Waals surface area contributed by atoms with Crippen LogP contribution in [0, 0.1) is 0 Å². The van der Waals surface area contributed by atoms with E-state index in [-0.39, 0.29) is 5.91 Å². The number of carbonyl (C=O) groups is 1. The van der Waals surface area contributed by atoms with Gasteiger partial charge < -0.3 is 11.1 Å². The van der Waals surface area contributed by atoms with Crippen LogP contribution in [0.25, 0.3) is 0 Å². The van der Waals surface area contributed by atoms with Gasteiger partial charge >= 0.3 is 0 Å². The van der Waals surface area contributed by atoms with Crippen molar-refractivity contribution in [2.75, 3.05) is 5.73 Å². The first-order valence-corrected chi connectivity index (χ1v) is 6.81. The summed E-state index contributed by atoms with van der Waals surface area (Å²) in [6.45, 7) is 0.443. The Hall–Kier alpha value is -1.52. The van der Waals surface area contributed by atoms with Crippen molar-refractivity contribution in [3.8, 4) is 0 Å². The van der Waals surface area contributed by atoms with Gasteiger partial charge in [-0.1, -0.05) is 39.7 Å². The van der Waals surface area contributed by atoms with Crippen LogP contribution in [0.5, 0.6) is 0 Å². The van der Waals surface area contributed by atoms with E-state index in [2.05, 4.69) is 21.2 Å². The highest BCUT2D eigenvalue weighted by atomic mass is 79.9. The van der Waals surface area contributed by atoms with Crippen LogP contribution in [-0.2, 0) is 6.54 Å². The fourth-order valence-electron chi connectivity index (χ4n) is 1.64. The molecular formula is C14H12BrClN2O. The van der Waals surface area contributed by atoms with Crippen LogP contribution in [0.1, 0.15) is 15.9 Å². The predicted molar refractivity (Wildman–Crippen MR) is 81.2 cm³/mol. The molecule has 2 rings (SSSR count). The molecule has 0 radical (unpaired) electrons. The van der Waals surface area contributed by atoms with Gasteiger partial charge in [0.25, 0.3) is 5.91 Å². The van der Waals surface area contributed by atoms with Crippen LogP contribution < -0.4 is 11.1 Å². The van der Waals surface area contributed by atoms with Crippen molar-refractivity contribution in [3.05, 3.63) is 63.1 Å². The van der Waals surface area contributed by atoms with Gasteiger partial charge in [0.2, 0.25) is 0 Å². The molecule has 0 saturated heterocycles. The maximum atomic E-state index is 12.0. The highest BCUT2D eigenvalue weighted by molar-refractivity contribution is 9.10. The molecule has 98 valence electrons. The molecule has 2 aromatic rings. The van der Waals surface area contributed by atoms with E-state index in [4.69, 9.17) is 17.3 Å². The number of nitrogen functional groups attached to an aromatic ring is 1. The Morgan fingerprint density at radius 1 is 1.26 bits per heavy atom. The summed E-state index contributed by atoms with van der Waals surface area (Å²) in [6.07, 6.45) is 0. The zero-order valence-corrected chi connectivity index (χ0v) is 12.3. The van der Waals surface area contributed by atoms with Crippen LogP contribution >= 0.6 is 27.5 Å². The molecule has 19 heavy (non-hydrogen) atoms. The zero-order valence-electron chi connectivity index (χ0n) is 9.99. The average molecular weight is 340 g/mol. The van der Waals surface area contributed by atoms with E-state index < -0.39 is 0 Å². The SMILES string of the molecule is Nc1ccc(C(=O)NCc2cccc(Br)c2)c(Cl)c1. The highest BCUT2D eigenvalue weighted by Crippen LogP contribution is 2.19. The fourth-order valence-corrected chi connectivity index (χ4v) is 2.36. The van der Waals surface area contributed by atoms with E-state index in [1.54, 1.807) is 18.2 Å². The van der Waals surface area contributed by atoms with Crippen molar-refractivity contribution >= 4 is 39.1 Å². The minimum Gasteiger partial charge on any atom is -0.399 e. The second kappa shape index (κ2) is 6.08. The third-order valence-corrected chi connectivity index (χ3v) is 3.39. The number of nitrogens with two attached hydrogens (primary N) is 1. The summed E-state index contributed by atoms with van der Waals surface area (Å²) in [7, 11) is 0. The molecule has 1 amide bonds. The lowest BCUT2D eigenvalue weighted by Crippen LogP contribution is -2.23. The highest BCUT2D eigenvalue weighted by Gasteiger charge is 2.10. The van der Waals surface area contributed by atoms with Gasteiger partial charge in [-0.2, -0.15) is 0 Å². The largest absolute Gasteiger partial charge is 0.399 e. The summed E-state index contributed by atoms with van der Waals surface area (Å²) in [5, 5.41) is 3.17. The van der Waals surface area contributed by atoms with Gasteiger partial charge in [0, 0.05) is 16.7 Å². The van der Waals surface area contributed by atoms with Gasteiger partial charge in [-0.25, -0.2) is 0 Å². The zero-order chi connectivity index (χ0) is 13.8. The molecule has 0 bridgehead atoms. The second-order valence-electron chi connectivity index (χ2n) is 4.05. The van der Waals surface area contributed by atoms with Crippen molar-refractivity contribution in [1.29, 1.82) is 0 Å². The number of amides is 1. The first-order chi connectivity index (χ1) is 9.06. The number of rotatable bonds is 3. The topological polar surface area (TPSA) is 55.1 Å². The molecule has 5 heteroatoms. The molecule has 3 nitrogen and oxygen atoms in total. The lowest BCUT2D eigenvalue weighted by Gasteiger charge is -2.07. The van der Waals surface area contributed by atoms with E-state index in [1.807, 2.05) is 24.3 Å².